The van der Waals surface area contributed by atoms with E-state index in [1.54, 1.807) is 32.1 Å². The maximum absolute atomic E-state index is 9.11. The van der Waals surface area contributed by atoms with Gasteiger partial charge < -0.3 is 15.3 Å². The molecule has 3 aliphatic carbocycles. The van der Waals surface area contributed by atoms with Gasteiger partial charge in [0.1, 0.15) is 0 Å². The Hall–Kier alpha value is -0.120. The van der Waals surface area contributed by atoms with Crippen LogP contribution in [0.4, 0.5) is 0 Å². The first-order chi connectivity index (χ1) is 38.9. The zero-order chi connectivity index (χ0) is 57.1. The minimum absolute atomic E-state index is 0.366. The van der Waals surface area contributed by atoms with Crippen molar-refractivity contribution in [2.45, 2.75) is 401 Å². The Kier molecular flexibility index (Phi) is 51.8. The van der Waals surface area contributed by atoms with Crippen LogP contribution in [0, 0.1) is 65.1 Å². The Labute approximate surface area is 498 Å². The smallest absolute Gasteiger partial charge is 0.0431 e. The second-order valence-corrected chi connectivity index (χ2v) is 28.3. The molecule has 3 nitrogen and oxygen atoms in total. The molecule has 0 aliphatic heterocycles. The predicted octanol–water partition coefficient (Wildman–Crippen LogP) is 24.7. The van der Waals surface area contributed by atoms with Crippen molar-refractivity contribution in [1.29, 1.82) is 0 Å². The van der Waals surface area contributed by atoms with Gasteiger partial charge in [-0.15, -0.1) is 0 Å². The van der Waals surface area contributed by atoms with E-state index in [9.17, 15) is 0 Å². The third-order valence-corrected chi connectivity index (χ3v) is 21.8. The molecule has 472 valence electrons. The summed E-state index contributed by atoms with van der Waals surface area (Å²) in [6.45, 7) is 15.5. The molecule has 3 rings (SSSR count). The molecule has 0 aromatic heterocycles. The van der Waals surface area contributed by atoms with Crippen molar-refractivity contribution in [3.8, 4) is 0 Å². The number of unbranched alkanes of at least 4 members (excludes halogenated alkanes) is 35. The van der Waals surface area contributed by atoms with Gasteiger partial charge in [-0.25, -0.2) is 0 Å². The molecule has 3 heteroatoms. The van der Waals surface area contributed by atoms with Crippen LogP contribution in [0.15, 0.2) is 0 Å². The Balaban J connectivity index is 0.000000542. The van der Waals surface area contributed by atoms with Crippen molar-refractivity contribution in [1.82, 2.24) is 0 Å². The largest absolute Gasteiger partial charge is 0.396 e. The highest BCUT2D eigenvalue weighted by molar-refractivity contribution is 4.97. The van der Waals surface area contributed by atoms with Gasteiger partial charge in [-0.1, -0.05) is 324 Å². The maximum Gasteiger partial charge on any atom is 0.0431 e. The van der Waals surface area contributed by atoms with Crippen molar-refractivity contribution in [2.24, 2.45) is 65.1 Å². The summed E-state index contributed by atoms with van der Waals surface area (Å²) in [6.07, 6.45) is 79.3. The molecule has 0 spiro atoms. The standard InChI is InChI=1S/C40H78O.C36H72O2/c1-5-8-11-14-15-19-24-29-39-38(28-23-18-16-17-20-25-30-41)34(4)31-37-32-35(26-21-12-9-6-2)36(33-40(37)39)27-22-13-10-7-3;1-3-5-7-9-15-21-27-35-33(25-19-8-6-4-2)29-30-34(26-20-14-10-12-17-23-31-37)36(35)28-22-16-11-13-18-24-32-38/h34-41H,5-33H2,1-4H3;33-38H,3-32H2,1-2H3. The van der Waals surface area contributed by atoms with Gasteiger partial charge in [0, 0.05) is 19.8 Å². The highest BCUT2D eigenvalue weighted by atomic mass is 16.3. The number of aliphatic hydroxyl groups is 3. The minimum atomic E-state index is 0.366. The molecule has 0 amide bonds. The third kappa shape index (κ3) is 36.5. The van der Waals surface area contributed by atoms with Gasteiger partial charge in [0.05, 0.1) is 0 Å². The van der Waals surface area contributed by atoms with Crippen molar-refractivity contribution < 1.29 is 15.3 Å². The number of hydrogen-bond donors (Lipinski definition) is 3. The van der Waals surface area contributed by atoms with E-state index in [1.165, 1.54) is 308 Å². The fourth-order valence-electron chi connectivity index (χ4n) is 17.1. The SMILES string of the molecule is CCCCCCCCC1C(CCCCCC)CCC(CCCCCCCCO)C1CCCCCCCCO.CCCCCCCCCC1C(CCCCCCCCO)C(C)CC2CC(CCCCCC)C(CCCCCC)CC21. The van der Waals surface area contributed by atoms with Crippen molar-refractivity contribution in [3.05, 3.63) is 0 Å². The van der Waals surface area contributed by atoms with Gasteiger partial charge in [-0.2, -0.15) is 0 Å². The normalized spacial score (nSPS) is 25.1. The Bertz CT molecular complexity index is 1220. The monoisotopic (exact) mass is 1110 g/mol. The van der Waals surface area contributed by atoms with Gasteiger partial charge >= 0.3 is 0 Å². The van der Waals surface area contributed by atoms with Gasteiger partial charge in [0.15, 0.2) is 0 Å². The van der Waals surface area contributed by atoms with E-state index in [4.69, 9.17) is 15.3 Å². The van der Waals surface area contributed by atoms with Crippen LogP contribution in [0.1, 0.15) is 401 Å². The highest BCUT2D eigenvalue weighted by Gasteiger charge is 2.47. The first kappa shape index (κ1) is 75.0. The summed E-state index contributed by atoms with van der Waals surface area (Å²) in [5.74, 6) is 11.1. The molecule has 0 saturated heterocycles. The lowest BCUT2D eigenvalue weighted by atomic mass is 9.52. The van der Waals surface area contributed by atoms with E-state index in [0.717, 1.165) is 84.4 Å². The van der Waals surface area contributed by atoms with Crippen LogP contribution in [-0.4, -0.2) is 35.1 Å². The van der Waals surface area contributed by atoms with Gasteiger partial charge in [0.2, 0.25) is 0 Å². The highest BCUT2D eigenvalue weighted by Crippen LogP contribution is 2.56. The van der Waals surface area contributed by atoms with E-state index in [0.29, 0.717) is 19.8 Å². The van der Waals surface area contributed by atoms with Crippen LogP contribution in [-0.2, 0) is 0 Å². The Morgan fingerprint density at radius 2 is 0.494 bits per heavy atom. The summed E-state index contributed by atoms with van der Waals surface area (Å²) >= 11 is 0. The summed E-state index contributed by atoms with van der Waals surface area (Å²) in [5, 5.41) is 27.2. The second kappa shape index (κ2) is 54.5. The van der Waals surface area contributed by atoms with Crippen molar-refractivity contribution in [2.75, 3.05) is 19.8 Å². The quantitative estimate of drug-likeness (QED) is 0.0532. The van der Waals surface area contributed by atoms with E-state index < -0.39 is 0 Å². The fourth-order valence-corrected chi connectivity index (χ4v) is 17.1. The summed E-state index contributed by atoms with van der Waals surface area (Å²) in [4.78, 5) is 0. The molecular formula is C76H150O3. The average molecular weight is 1110 g/mol. The van der Waals surface area contributed by atoms with Crippen LogP contribution >= 0.6 is 0 Å². The molecule has 3 saturated carbocycles. The molecule has 3 N–H and O–H groups in total. The maximum atomic E-state index is 9.11. The van der Waals surface area contributed by atoms with E-state index in [2.05, 4.69) is 41.5 Å². The lowest BCUT2D eigenvalue weighted by molar-refractivity contribution is -0.0344. The third-order valence-electron chi connectivity index (χ3n) is 21.8. The molecule has 11 atom stereocenters. The first-order valence-corrected chi connectivity index (χ1v) is 37.8. The molecule has 79 heavy (non-hydrogen) atoms. The Morgan fingerprint density at radius 1 is 0.241 bits per heavy atom. The average Bonchev–Trinajstić information content (AvgIpc) is 3.49. The predicted molar refractivity (Wildman–Crippen MR) is 352 cm³/mol. The van der Waals surface area contributed by atoms with Gasteiger partial charge in [-0.3, -0.25) is 0 Å². The molecule has 11 unspecified atom stereocenters. The summed E-state index contributed by atoms with van der Waals surface area (Å²) < 4.78 is 0. The van der Waals surface area contributed by atoms with Crippen LogP contribution in [0.2, 0.25) is 0 Å². The van der Waals surface area contributed by atoms with Crippen molar-refractivity contribution in [3.63, 3.8) is 0 Å². The van der Waals surface area contributed by atoms with Crippen LogP contribution in [0.25, 0.3) is 0 Å². The number of aliphatic hydroxyl groups excluding tert-OH is 3. The van der Waals surface area contributed by atoms with Crippen molar-refractivity contribution >= 4 is 0 Å². The lowest BCUT2D eigenvalue weighted by Crippen LogP contribution is -2.45. The molecule has 3 fully saturated rings. The van der Waals surface area contributed by atoms with Crippen LogP contribution in [0.5, 0.6) is 0 Å². The molecule has 0 bridgehead atoms. The molecule has 0 aromatic rings. The van der Waals surface area contributed by atoms with E-state index in [-0.39, 0.29) is 0 Å². The second-order valence-electron chi connectivity index (χ2n) is 28.3. The van der Waals surface area contributed by atoms with E-state index >= 15 is 0 Å². The molecule has 0 aromatic carbocycles. The minimum Gasteiger partial charge on any atom is -0.396 e. The molecule has 3 aliphatic rings. The van der Waals surface area contributed by atoms with Gasteiger partial charge in [0.25, 0.3) is 0 Å². The Morgan fingerprint density at radius 3 is 0.835 bits per heavy atom. The topological polar surface area (TPSA) is 60.7 Å². The van der Waals surface area contributed by atoms with Crippen LogP contribution < -0.4 is 0 Å². The summed E-state index contributed by atoms with van der Waals surface area (Å²) in [7, 11) is 0. The zero-order valence-electron chi connectivity index (χ0n) is 55.4. The number of hydrogen-bond acceptors (Lipinski definition) is 3. The van der Waals surface area contributed by atoms with Crippen LogP contribution in [0.3, 0.4) is 0 Å². The van der Waals surface area contributed by atoms with Gasteiger partial charge in [-0.05, 0) is 142 Å². The molecule has 0 heterocycles. The number of fused-ring (bicyclic) bond motifs is 1. The number of rotatable bonds is 54. The van der Waals surface area contributed by atoms with E-state index in [1.807, 2.05) is 0 Å². The summed E-state index contributed by atoms with van der Waals surface area (Å²) in [5.41, 5.74) is 0. The first-order valence-electron chi connectivity index (χ1n) is 37.8. The lowest BCUT2D eigenvalue weighted by Gasteiger charge is -2.53. The molecular weight excluding hydrogens is 961 g/mol. The molecule has 0 radical (unpaired) electrons. The fraction of sp³-hybridized carbons (Fsp3) is 1.00. The zero-order valence-corrected chi connectivity index (χ0v) is 55.4. The summed E-state index contributed by atoms with van der Waals surface area (Å²) in [6, 6.07) is 0.